The molecule has 1 saturated carbocycles. The Hall–Kier alpha value is -1.89. The highest BCUT2D eigenvalue weighted by molar-refractivity contribution is 5.91. The van der Waals surface area contributed by atoms with Crippen molar-refractivity contribution in [2.75, 3.05) is 0 Å². The first kappa shape index (κ1) is 13.1. The molecule has 0 N–H and O–H groups in total. The molecule has 2 aromatic rings. The van der Waals surface area contributed by atoms with Crippen LogP contribution in [0, 0.1) is 0 Å². The van der Waals surface area contributed by atoms with Crippen molar-refractivity contribution in [2.45, 2.75) is 37.5 Å². The standard InChI is InChI=1S/C19H20O/c20-18(13-12-16-8-3-1-4-9-16)19(14-7-15-19)17-10-5-2-6-11-17/h1-6,8-11H,7,12-15H2. The molecule has 0 aliphatic heterocycles. The number of rotatable bonds is 5. The van der Waals surface area contributed by atoms with Crippen LogP contribution in [0.25, 0.3) is 0 Å². The lowest BCUT2D eigenvalue weighted by Gasteiger charge is -2.41. The van der Waals surface area contributed by atoms with Gasteiger partial charge in [0.15, 0.2) is 0 Å². The molecule has 1 fully saturated rings. The minimum atomic E-state index is -0.184. The fourth-order valence-electron chi connectivity index (χ4n) is 3.16. The number of hydrogen-bond donors (Lipinski definition) is 0. The van der Waals surface area contributed by atoms with E-state index in [4.69, 9.17) is 0 Å². The number of ketones is 1. The first-order valence-corrected chi connectivity index (χ1v) is 7.44. The van der Waals surface area contributed by atoms with Gasteiger partial charge in [0.05, 0.1) is 5.41 Å². The summed E-state index contributed by atoms with van der Waals surface area (Å²) in [7, 11) is 0. The summed E-state index contributed by atoms with van der Waals surface area (Å²) in [5, 5.41) is 0. The minimum absolute atomic E-state index is 0.184. The van der Waals surface area contributed by atoms with Gasteiger partial charge in [0.25, 0.3) is 0 Å². The number of carbonyl (C=O) groups is 1. The van der Waals surface area contributed by atoms with Gasteiger partial charge in [0.2, 0.25) is 0 Å². The minimum Gasteiger partial charge on any atom is -0.299 e. The van der Waals surface area contributed by atoms with E-state index in [0.29, 0.717) is 12.2 Å². The van der Waals surface area contributed by atoms with Gasteiger partial charge in [-0.3, -0.25) is 4.79 Å². The molecule has 1 aliphatic rings. The molecule has 0 heterocycles. The molecule has 0 bridgehead atoms. The zero-order chi connectivity index (χ0) is 13.8. The van der Waals surface area contributed by atoms with Crippen molar-refractivity contribution in [3.8, 4) is 0 Å². The summed E-state index contributed by atoms with van der Waals surface area (Å²) in [6.07, 6.45) is 4.72. The van der Waals surface area contributed by atoms with Gasteiger partial charge in [0, 0.05) is 6.42 Å². The van der Waals surface area contributed by atoms with E-state index in [1.54, 1.807) is 0 Å². The van der Waals surface area contributed by atoms with E-state index in [1.807, 2.05) is 36.4 Å². The Morgan fingerprint density at radius 2 is 1.50 bits per heavy atom. The maximum atomic E-state index is 12.7. The number of aryl methyl sites for hydroxylation is 1. The number of carbonyl (C=O) groups excluding carboxylic acids is 1. The van der Waals surface area contributed by atoms with Gasteiger partial charge in [0.1, 0.15) is 5.78 Å². The van der Waals surface area contributed by atoms with E-state index in [9.17, 15) is 4.79 Å². The summed E-state index contributed by atoms with van der Waals surface area (Å²) >= 11 is 0. The molecule has 1 aliphatic carbocycles. The van der Waals surface area contributed by atoms with Gasteiger partial charge >= 0.3 is 0 Å². The number of hydrogen-bond acceptors (Lipinski definition) is 1. The van der Waals surface area contributed by atoms with E-state index >= 15 is 0 Å². The Morgan fingerprint density at radius 1 is 0.900 bits per heavy atom. The lowest BCUT2D eigenvalue weighted by Crippen LogP contribution is -2.42. The number of benzene rings is 2. The zero-order valence-corrected chi connectivity index (χ0v) is 11.7. The van der Waals surface area contributed by atoms with Crippen LogP contribution >= 0.6 is 0 Å². The van der Waals surface area contributed by atoms with Crippen molar-refractivity contribution in [3.05, 3.63) is 71.8 Å². The van der Waals surface area contributed by atoms with Crippen LogP contribution in [-0.4, -0.2) is 5.78 Å². The van der Waals surface area contributed by atoms with Gasteiger partial charge in [-0.15, -0.1) is 0 Å². The molecule has 102 valence electrons. The Balaban J connectivity index is 1.72. The second-order valence-corrected chi connectivity index (χ2v) is 5.71. The Bertz CT molecular complexity index is 567. The second kappa shape index (κ2) is 5.62. The fraction of sp³-hybridized carbons (Fsp3) is 0.316. The molecule has 1 heteroatoms. The van der Waals surface area contributed by atoms with Crippen LogP contribution in [0.15, 0.2) is 60.7 Å². The lowest BCUT2D eigenvalue weighted by molar-refractivity contribution is -0.127. The summed E-state index contributed by atoms with van der Waals surface area (Å²) in [6.45, 7) is 0. The van der Waals surface area contributed by atoms with Crippen LogP contribution < -0.4 is 0 Å². The number of Topliss-reactive ketones (excluding diaryl/α,β-unsaturated/α-hetero) is 1. The molecule has 20 heavy (non-hydrogen) atoms. The van der Waals surface area contributed by atoms with Gasteiger partial charge in [-0.2, -0.15) is 0 Å². The second-order valence-electron chi connectivity index (χ2n) is 5.71. The average Bonchev–Trinajstić information content (AvgIpc) is 2.46. The molecule has 0 atom stereocenters. The van der Waals surface area contributed by atoms with Crippen LogP contribution in [-0.2, 0) is 16.6 Å². The van der Waals surface area contributed by atoms with Crippen molar-refractivity contribution >= 4 is 5.78 Å². The molecule has 0 amide bonds. The molecular weight excluding hydrogens is 244 g/mol. The van der Waals surface area contributed by atoms with Gasteiger partial charge in [-0.05, 0) is 30.4 Å². The van der Waals surface area contributed by atoms with E-state index in [2.05, 4.69) is 24.3 Å². The van der Waals surface area contributed by atoms with Crippen LogP contribution in [0.2, 0.25) is 0 Å². The van der Waals surface area contributed by atoms with E-state index in [-0.39, 0.29) is 5.41 Å². The topological polar surface area (TPSA) is 17.1 Å². The Labute approximate surface area is 120 Å². The van der Waals surface area contributed by atoms with Crippen molar-refractivity contribution in [1.82, 2.24) is 0 Å². The lowest BCUT2D eigenvalue weighted by atomic mass is 9.61. The monoisotopic (exact) mass is 264 g/mol. The van der Waals surface area contributed by atoms with Crippen molar-refractivity contribution in [1.29, 1.82) is 0 Å². The van der Waals surface area contributed by atoms with E-state index in [0.717, 1.165) is 19.3 Å². The molecule has 1 nitrogen and oxygen atoms in total. The van der Waals surface area contributed by atoms with Crippen LogP contribution in [0.4, 0.5) is 0 Å². The molecule has 0 radical (unpaired) electrons. The quantitative estimate of drug-likeness (QED) is 0.786. The maximum absolute atomic E-state index is 12.7. The third kappa shape index (κ3) is 2.40. The van der Waals surface area contributed by atoms with E-state index < -0.39 is 0 Å². The highest BCUT2D eigenvalue weighted by Crippen LogP contribution is 2.45. The Morgan fingerprint density at radius 3 is 2.05 bits per heavy atom. The van der Waals surface area contributed by atoms with Crippen molar-refractivity contribution in [2.24, 2.45) is 0 Å². The van der Waals surface area contributed by atoms with E-state index in [1.165, 1.54) is 17.5 Å². The summed E-state index contributed by atoms with van der Waals surface area (Å²) < 4.78 is 0. The SMILES string of the molecule is O=C(CCc1ccccc1)C1(c2ccccc2)CCC1. The molecule has 2 aromatic carbocycles. The van der Waals surface area contributed by atoms with Crippen LogP contribution in [0.1, 0.15) is 36.8 Å². The first-order valence-electron chi connectivity index (χ1n) is 7.44. The summed E-state index contributed by atoms with van der Waals surface area (Å²) in [4.78, 5) is 12.7. The summed E-state index contributed by atoms with van der Waals surface area (Å²) in [5.74, 6) is 0.416. The molecular formula is C19H20O. The van der Waals surface area contributed by atoms with Gasteiger partial charge in [-0.1, -0.05) is 67.1 Å². The first-order chi connectivity index (χ1) is 9.81. The highest BCUT2D eigenvalue weighted by Gasteiger charge is 2.44. The molecule has 0 aromatic heterocycles. The molecule has 3 rings (SSSR count). The predicted octanol–water partition coefficient (Wildman–Crippen LogP) is 4.31. The molecule has 0 spiro atoms. The van der Waals surface area contributed by atoms with Crippen molar-refractivity contribution in [3.63, 3.8) is 0 Å². The van der Waals surface area contributed by atoms with Gasteiger partial charge in [-0.25, -0.2) is 0 Å². The molecule has 0 saturated heterocycles. The largest absolute Gasteiger partial charge is 0.299 e. The van der Waals surface area contributed by atoms with Crippen molar-refractivity contribution < 1.29 is 4.79 Å². The third-order valence-electron chi connectivity index (χ3n) is 4.55. The smallest absolute Gasteiger partial charge is 0.143 e. The van der Waals surface area contributed by atoms with Crippen LogP contribution in [0.5, 0.6) is 0 Å². The Kier molecular flexibility index (Phi) is 3.68. The zero-order valence-electron chi connectivity index (χ0n) is 11.7. The summed E-state index contributed by atoms with van der Waals surface area (Å²) in [6, 6.07) is 20.6. The van der Waals surface area contributed by atoms with Gasteiger partial charge < -0.3 is 0 Å². The molecule has 0 unspecified atom stereocenters. The summed E-state index contributed by atoms with van der Waals surface area (Å²) in [5.41, 5.74) is 2.28. The average molecular weight is 264 g/mol. The normalized spacial score (nSPS) is 16.4. The maximum Gasteiger partial charge on any atom is 0.143 e. The van der Waals surface area contributed by atoms with Crippen LogP contribution in [0.3, 0.4) is 0 Å². The fourth-order valence-corrected chi connectivity index (χ4v) is 3.16. The highest BCUT2D eigenvalue weighted by atomic mass is 16.1. The third-order valence-corrected chi connectivity index (χ3v) is 4.55. The predicted molar refractivity (Wildman–Crippen MR) is 81.7 cm³/mol.